The Bertz CT molecular complexity index is 1100. The van der Waals surface area contributed by atoms with E-state index in [0.717, 1.165) is 16.7 Å². The Hall–Kier alpha value is -4.21. The van der Waals surface area contributed by atoms with Gasteiger partial charge in [-0.05, 0) is 41.0 Å². The average molecular weight is 463 g/mol. The lowest BCUT2D eigenvalue weighted by Gasteiger charge is -2.17. The summed E-state index contributed by atoms with van der Waals surface area (Å²) < 4.78 is 5.34. The molecule has 0 saturated carbocycles. The molecular weight excluding hydrogens is 438 g/mol. The van der Waals surface area contributed by atoms with Crippen LogP contribution in [0.2, 0.25) is 0 Å². The van der Waals surface area contributed by atoms with Gasteiger partial charge in [-0.15, -0.1) is 0 Å². The number of aliphatic hydroxyl groups excluding tert-OH is 1. The highest BCUT2D eigenvalue weighted by Crippen LogP contribution is 2.23. The Labute approximate surface area is 196 Å². The van der Waals surface area contributed by atoms with Gasteiger partial charge in [-0.25, -0.2) is 5.48 Å². The van der Waals surface area contributed by atoms with Crippen molar-refractivity contribution in [3.63, 3.8) is 0 Å². The van der Waals surface area contributed by atoms with Gasteiger partial charge in [0.15, 0.2) is 6.04 Å². The number of carbonyl (C=O) groups is 3. The monoisotopic (exact) mass is 463 g/mol. The first-order valence-corrected chi connectivity index (χ1v) is 10.5. The Kier molecular flexibility index (Phi) is 8.73. The molecule has 0 aliphatic heterocycles. The van der Waals surface area contributed by atoms with Gasteiger partial charge in [-0.3, -0.25) is 19.6 Å². The second-order valence-electron chi connectivity index (χ2n) is 7.26. The SMILES string of the molecule is O=C(NC(C(=O)NO)C(=O)NCc1ccccc1)c1ccc(-c2ccc(OCCO)cc2)cc1. The summed E-state index contributed by atoms with van der Waals surface area (Å²) in [6.07, 6.45) is 0. The summed E-state index contributed by atoms with van der Waals surface area (Å²) in [4.78, 5) is 37.2. The first-order chi connectivity index (χ1) is 16.5. The zero-order chi connectivity index (χ0) is 24.3. The van der Waals surface area contributed by atoms with Crippen LogP contribution in [-0.4, -0.2) is 47.3 Å². The number of hydrogen-bond donors (Lipinski definition) is 5. The number of hydroxylamine groups is 1. The molecule has 3 rings (SSSR count). The highest BCUT2D eigenvalue weighted by atomic mass is 16.5. The lowest BCUT2D eigenvalue weighted by molar-refractivity contribution is -0.137. The van der Waals surface area contributed by atoms with Gasteiger partial charge in [0, 0.05) is 12.1 Å². The third-order valence-corrected chi connectivity index (χ3v) is 4.91. The summed E-state index contributed by atoms with van der Waals surface area (Å²) in [5.74, 6) is -1.83. The van der Waals surface area contributed by atoms with Crippen LogP contribution in [0.3, 0.4) is 0 Å². The molecule has 1 unspecified atom stereocenters. The molecule has 0 saturated heterocycles. The van der Waals surface area contributed by atoms with Gasteiger partial charge in [0.05, 0.1) is 6.61 Å². The molecule has 5 N–H and O–H groups in total. The fourth-order valence-corrected chi connectivity index (χ4v) is 3.14. The number of benzene rings is 3. The lowest BCUT2D eigenvalue weighted by atomic mass is 10.0. The first-order valence-electron chi connectivity index (χ1n) is 10.5. The number of ether oxygens (including phenoxy) is 1. The number of aliphatic hydroxyl groups is 1. The fraction of sp³-hybridized carbons (Fsp3) is 0.160. The molecule has 0 aromatic heterocycles. The topological polar surface area (TPSA) is 137 Å². The number of carbonyl (C=O) groups excluding carboxylic acids is 3. The van der Waals surface area contributed by atoms with Gasteiger partial charge in [0.2, 0.25) is 0 Å². The normalized spacial score (nSPS) is 11.2. The van der Waals surface area contributed by atoms with Crippen molar-refractivity contribution < 1.29 is 29.4 Å². The van der Waals surface area contributed by atoms with Crippen molar-refractivity contribution in [2.45, 2.75) is 12.6 Å². The van der Waals surface area contributed by atoms with E-state index in [1.807, 2.05) is 30.3 Å². The smallest absolute Gasteiger partial charge is 0.275 e. The average Bonchev–Trinajstić information content (AvgIpc) is 2.89. The second-order valence-corrected chi connectivity index (χ2v) is 7.26. The summed E-state index contributed by atoms with van der Waals surface area (Å²) in [5.41, 5.74) is 4.19. The van der Waals surface area contributed by atoms with E-state index in [1.54, 1.807) is 48.5 Å². The predicted molar refractivity (Wildman–Crippen MR) is 124 cm³/mol. The van der Waals surface area contributed by atoms with Gasteiger partial charge < -0.3 is 20.5 Å². The van der Waals surface area contributed by atoms with Gasteiger partial charge in [0.25, 0.3) is 17.7 Å². The zero-order valence-electron chi connectivity index (χ0n) is 18.2. The van der Waals surface area contributed by atoms with E-state index in [4.69, 9.17) is 15.1 Å². The molecule has 0 fully saturated rings. The molecule has 34 heavy (non-hydrogen) atoms. The number of rotatable bonds is 10. The Balaban J connectivity index is 1.64. The van der Waals surface area contributed by atoms with Crippen LogP contribution < -0.4 is 20.9 Å². The van der Waals surface area contributed by atoms with E-state index in [1.165, 1.54) is 5.48 Å². The maximum Gasteiger partial charge on any atom is 0.275 e. The molecular formula is C25H25N3O6. The molecule has 0 bridgehead atoms. The van der Waals surface area contributed by atoms with Gasteiger partial charge in [-0.1, -0.05) is 54.6 Å². The molecule has 0 aliphatic carbocycles. The lowest BCUT2D eigenvalue weighted by Crippen LogP contribution is -2.54. The molecule has 1 atom stereocenters. The minimum Gasteiger partial charge on any atom is -0.491 e. The maximum atomic E-state index is 12.7. The fourth-order valence-electron chi connectivity index (χ4n) is 3.14. The van der Waals surface area contributed by atoms with Crippen LogP contribution in [-0.2, 0) is 16.1 Å². The quantitative estimate of drug-likeness (QED) is 0.176. The summed E-state index contributed by atoms with van der Waals surface area (Å²) in [5, 5.41) is 22.7. The molecule has 9 nitrogen and oxygen atoms in total. The van der Waals surface area contributed by atoms with E-state index in [2.05, 4.69) is 10.6 Å². The maximum absolute atomic E-state index is 12.7. The molecule has 176 valence electrons. The highest BCUT2D eigenvalue weighted by molar-refractivity contribution is 6.08. The van der Waals surface area contributed by atoms with Crippen molar-refractivity contribution >= 4 is 17.7 Å². The summed E-state index contributed by atoms with van der Waals surface area (Å²) in [6, 6.07) is 21.3. The highest BCUT2D eigenvalue weighted by Gasteiger charge is 2.28. The number of hydrogen-bond acceptors (Lipinski definition) is 6. The van der Waals surface area contributed by atoms with Crippen LogP contribution >= 0.6 is 0 Å². The third kappa shape index (κ3) is 6.64. The second kappa shape index (κ2) is 12.1. The molecule has 0 spiro atoms. The molecule has 9 heteroatoms. The van der Waals surface area contributed by atoms with Crippen molar-refractivity contribution in [2.24, 2.45) is 0 Å². The van der Waals surface area contributed by atoms with Crippen LogP contribution in [0.5, 0.6) is 5.75 Å². The molecule has 3 aromatic carbocycles. The van der Waals surface area contributed by atoms with Gasteiger partial charge >= 0.3 is 0 Å². The third-order valence-electron chi connectivity index (χ3n) is 4.91. The van der Waals surface area contributed by atoms with Gasteiger partial charge in [0.1, 0.15) is 12.4 Å². The van der Waals surface area contributed by atoms with Crippen molar-refractivity contribution in [1.82, 2.24) is 16.1 Å². The summed E-state index contributed by atoms with van der Waals surface area (Å²) >= 11 is 0. The number of nitrogens with one attached hydrogen (secondary N) is 3. The standard InChI is InChI=1S/C25H25N3O6/c29-14-15-34-21-12-10-19(11-13-21)18-6-8-20(9-7-18)23(30)27-22(25(32)28-33)24(31)26-16-17-4-2-1-3-5-17/h1-13,22,29,33H,14-16H2,(H,26,31)(H,27,30)(H,28,32). The Morgan fingerprint density at radius 1 is 0.824 bits per heavy atom. The van der Waals surface area contributed by atoms with Crippen LogP contribution in [0, 0.1) is 0 Å². The predicted octanol–water partition coefficient (Wildman–Crippen LogP) is 1.64. The van der Waals surface area contributed by atoms with E-state index in [9.17, 15) is 14.4 Å². The van der Waals surface area contributed by atoms with Crippen molar-refractivity contribution in [1.29, 1.82) is 0 Å². The van der Waals surface area contributed by atoms with Crippen LogP contribution in [0.15, 0.2) is 78.9 Å². The zero-order valence-corrected chi connectivity index (χ0v) is 18.2. The van der Waals surface area contributed by atoms with Crippen molar-refractivity contribution in [2.75, 3.05) is 13.2 Å². The molecule has 0 heterocycles. The molecule has 0 radical (unpaired) electrons. The van der Waals surface area contributed by atoms with Crippen LogP contribution in [0.4, 0.5) is 0 Å². The Morgan fingerprint density at radius 3 is 2.03 bits per heavy atom. The Morgan fingerprint density at radius 2 is 1.44 bits per heavy atom. The van der Waals surface area contributed by atoms with E-state index < -0.39 is 23.8 Å². The van der Waals surface area contributed by atoms with Crippen LogP contribution in [0.1, 0.15) is 15.9 Å². The summed E-state index contributed by atoms with van der Waals surface area (Å²) in [6.45, 7) is 0.298. The van der Waals surface area contributed by atoms with Gasteiger partial charge in [-0.2, -0.15) is 0 Å². The van der Waals surface area contributed by atoms with E-state index in [0.29, 0.717) is 5.75 Å². The van der Waals surface area contributed by atoms with Crippen LogP contribution in [0.25, 0.3) is 11.1 Å². The minimum absolute atomic E-state index is 0.0687. The first kappa shape index (κ1) is 24.4. The van der Waals surface area contributed by atoms with E-state index >= 15 is 0 Å². The molecule has 3 aromatic rings. The van der Waals surface area contributed by atoms with Crippen molar-refractivity contribution in [3.8, 4) is 16.9 Å². The summed E-state index contributed by atoms with van der Waals surface area (Å²) in [7, 11) is 0. The van der Waals surface area contributed by atoms with E-state index in [-0.39, 0.29) is 25.3 Å². The number of amides is 3. The van der Waals surface area contributed by atoms with Crippen molar-refractivity contribution in [3.05, 3.63) is 90.0 Å². The minimum atomic E-state index is -1.62. The largest absolute Gasteiger partial charge is 0.491 e. The molecule has 0 aliphatic rings. The molecule has 3 amide bonds.